The number of hydrogen-bond acceptors (Lipinski definition) is 4. The number of benzene rings is 2. The minimum absolute atomic E-state index is 0.0625. The summed E-state index contributed by atoms with van der Waals surface area (Å²) < 4.78 is 28.5. The van der Waals surface area contributed by atoms with Crippen LogP contribution in [0.4, 0.5) is 5.69 Å². The Kier molecular flexibility index (Phi) is 4.32. The monoisotopic (exact) mass is 345 g/mol. The summed E-state index contributed by atoms with van der Waals surface area (Å²) in [5.41, 5.74) is 0.735. The van der Waals surface area contributed by atoms with Crippen LogP contribution < -0.4 is 10.1 Å². The second kappa shape index (κ2) is 6.28. The van der Waals surface area contributed by atoms with E-state index in [0.717, 1.165) is 18.4 Å². The van der Waals surface area contributed by atoms with E-state index in [-0.39, 0.29) is 16.7 Å². The van der Waals surface area contributed by atoms with Crippen molar-refractivity contribution >= 4 is 21.4 Å². The molecule has 6 heteroatoms. The Bertz CT molecular complexity index is 842. The normalized spacial score (nSPS) is 19.6. The average Bonchev–Trinajstić information content (AvgIpc) is 3.26. The lowest BCUT2D eigenvalue weighted by molar-refractivity contribution is -0.117. The zero-order chi connectivity index (χ0) is 17.3. The Labute approximate surface area is 141 Å². The van der Waals surface area contributed by atoms with Crippen LogP contribution in [0.25, 0.3) is 0 Å². The molecule has 2 atom stereocenters. The second-order valence-electron chi connectivity index (χ2n) is 6.18. The van der Waals surface area contributed by atoms with Gasteiger partial charge in [0.2, 0.25) is 5.91 Å². The molecule has 1 N–H and O–H groups in total. The molecule has 0 aromatic heterocycles. The summed E-state index contributed by atoms with van der Waals surface area (Å²) in [4.78, 5) is 12.1. The predicted octanol–water partition coefficient (Wildman–Crippen LogP) is 3.48. The number of hydrogen-bond donors (Lipinski definition) is 1. The minimum Gasteiger partial charge on any atom is -0.457 e. The summed E-state index contributed by atoms with van der Waals surface area (Å²) >= 11 is 0. The molecule has 0 spiro atoms. The van der Waals surface area contributed by atoms with Gasteiger partial charge in [0.15, 0.2) is 9.84 Å². The molecule has 2 aromatic rings. The van der Waals surface area contributed by atoms with Crippen LogP contribution in [0.2, 0.25) is 0 Å². The van der Waals surface area contributed by atoms with Gasteiger partial charge < -0.3 is 10.1 Å². The van der Waals surface area contributed by atoms with E-state index in [2.05, 4.69) is 12.2 Å². The third-order valence-corrected chi connectivity index (χ3v) is 5.18. The molecule has 1 aliphatic rings. The molecular formula is C18H19NO4S. The molecule has 2 aromatic carbocycles. The number of rotatable bonds is 5. The smallest absolute Gasteiger partial charge is 0.227 e. The van der Waals surface area contributed by atoms with Crippen LogP contribution >= 0.6 is 0 Å². The van der Waals surface area contributed by atoms with Crippen LogP contribution in [0.1, 0.15) is 13.3 Å². The van der Waals surface area contributed by atoms with E-state index in [0.29, 0.717) is 17.4 Å². The zero-order valence-electron chi connectivity index (χ0n) is 13.5. The van der Waals surface area contributed by atoms with Gasteiger partial charge in [-0.15, -0.1) is 0 Å². The Morgan fingerprint density at radius 2 is 1.54 bits per heavy atom. The highest BCUT2D eigenvalue weighted by Gasteiger charge is 2.38. The van der Waals surface area contributed by atoms with Crippen molar-refractivity contribution in [3.8, 4) is 11.5 Å². The van der Waals surface area contributed by atoms with Crippen molar-refractivity contribution in [1.29, 1.82) is 0 Å². The van der Waals surface area contributed by atoms with Gasteiger partial charge in [-0.3, -0.25) is 4.79 Å². The standard InChI is InChI=1S/C18H19NO4S/c1-12-11-17(12)18(20)19-13-3-5-14(6-4-13)23-15-7-9-16(10-8-15)24(2,21)22/h3-10,12,17H,11H2,1-2H3,(H,19,20)/t12-,17-/m0/s1. The highest BCUT2D eigenvalue weighted by atomic mass is 32.2. The van der Waals surface area contributed by atoms with Crippen molar-refractivity contribution in [3.63, 3.8) is 0 Å². The van der Waals surface area contributed by atoms with E-state index in [1.165, 1.54) is 12.1 Å². The topological polar surface area (TPSA) is 72.5 Å². The first-order chi connectivity index (χ1) is 11.3. The highest BCUT2D eigenvalue weighted by molar-refractivity contribution is 7.90. The molecule has 0 unspecified atom stereocenters. The van der Waals surface area contributed by atoms with Crippen LogP contribution in [0, 0.1) is 11.8 Å². The zero-order valence-corrected chi connectivity index (χ0v) is 14.3. The van der Waals surface area contributed by atoms with Gasteiger partial charge in [0, 0.05) is 17.9 Å². The molecule has 126 valence electrons. The van der Waals surface area contributed by atoms with Gasteiger partial charge in [-0.2, -0.15) is 0 Å². The predicted molar refractivity (Wildman–Crippen MR) is 92.0 cm³/mol. The van der Waals surface area contributed by atoms with Crippen LogP contribution in [-0.4, -0.2) is 20.6 Å². The average molecular weight is 345 g/mol. The Morgan fingerprint density at radius 3 is 2.00 bits per heavy atom. The van der Waals surface area contributed by atoms with Crippen LogP contribution in [-0.2, 0) is 14.6 Å². The molecule has 0 bridgehead atoms. The molecule has 0 radical (unpaired) electrons. The van der Waals surface area contributed by atoms with Gasteiger partial charge in [-0.05, 0) is 60.9 Å². The Balaban J connectivity index is 1.62. The fraction of sp³-hybridized carbons (Fsp3) is 0.278. The molecular weight excluding hydrogens is 326 g/mol. The Hall–Kier alpha value is -2.34. The third kappa shape index (κ3) is 3.94. The first-order valence-corrected chi connectivity index (χ1v) is 9.61. The van der Waals surface area contributed by atoms with E-state index in [4.69, 9.17) is 4.74 Å². The van der Waals surface area contributed by atoms with Crippen LogP contribution in [0.5, 0.6) is 11.5 Å². The maximum absolute atomic E-state index is 11.9. The van der Waals surface area contributed by atoms with E-state index >= 15 is 0 Å². The molecule has 1 aliphatic carbocycles. The van der Waals surface area contributed by atoms with E-state index in [9.17, 15) is 13.2 Å². The van der Waals surface area contributed by atoms with Crippen molar-refractivity contribution in [3.05, 3.63) is 48.5 Å². The summed E-state index contributed by atoms with van der Waals surface area (Å²) in [6.07, 6.45) is 2.12. The molecule has 1 fully saturated rings. The van der Waals surface area contributed by atoms with Crippen molar-refractivity contribution in [2.45, 2.75) is 18.2 Å². The van der Waals surface area contributed by atoms with E-state index in [1.54, 1.807) is 36.4 Å². The van der Waals surface area contributed by atoms with Gasteiger partial charge in [-0.1, -0.05) is 6.92 Å². The molecule has 0 heterocycles. The van der Waals surface area contributed by atoms with Gasteiger partial charge >= 0.3 is 0 Å². The highest BCUT2D eigenvalue weighted by Crippen LogP contribution is 2.38. The van der Waals surface area contributed by atoms with Gasteiger partial charge in [0.1, 0.15) is 11.5 Å². The number of carbonyl (C=O) groups excluding carboxylic acids is 1. The fourth-order valence-electron chi connectivity index (χ4n) is 2.42. The number of carbonyl (C=O) groups is 1. The van der Waals surface area contributed by atoms with Gasteiger partial charge in [0.05, 0.1) is 4.90 Å². The maximum atomic E-state index is 11.9. The van der Waals surface area contributed by atoms with Crippen LogP contribution in [0.3, 0.4) is 0 Å². The second-order valence-corrected chi connectivity index (χ2v) is 8.19. The minimum atomic E-state index is -3.21. The summed E-state index contributed by atoms with van der Waals surface area (Å²) in [5, 5.41) is 2.89. The molecule has 1 amide bonds. The van der Waals surface area contributed by atoms with Crippen molar-refractivity contribution in [2.75, 3.05) is 11.6 Å². The number of sulfone groups is 1. The first-order valence-electron chi connectivity index (χ1n) is 7.72. The maximum Gasteiger partial charge on any atom is 0.227 e. The van der Waals surface area contributed by atoms with Crippen molar-refractivity contribution in [1.82, 2.24) is 0 Å². The summed E-state index contributed by atoms with van der Waals surface area (Å²) in [7, 11) is -3.21. The lowest BCUT2D eigenvalue weighted by Gasteiger charge is -2.08. The molecule has 0 saturated heterocycles. The fourth-order valence-corrected chi connectivity index (χ4v) is 3.05. The quantitative estimate of drug-likeness (QED) is 0.900. The molecule has 24 heavy (non-hydrogen) atoms. The van der Waals surface area contributed by atoms with Crippen LogP contribution in [0.15, 0.2) is 53.4 Å². The van der Waals surface area contributed by atoms with E-state index in [1.807, 2.05) is 0 Å². The molecule has 1 saturated carbocycles. The SMILES string of the molecule is C[C@H]1C[C@@H]1C(=O)Nc1ccc(Oc2ccc(S(C)(=O)=O)cc2)cc1. The summed E-state index contributed by atoms with van der Waals surface area (Å²) in [5.74, 6) is 1.83. The summed E-state index contributed by atoms with van der Waals surface area (Å²) in [6, 6.07) is 13.3. The van der Waals surface area contributed by atoms with Gasteiger partial charge in [0.25, 0.3) is 0 Å². The first kappa shape index (κ1) is 16.5. The van der Waals surface area contributed by atoms with Gasteiger partial charge in [-0.25, -0.2) is 8.42 Å². The largest absolute Gasteiger partial charge is 0.457 e. The van der Waals surface area contributed by atoms with E-state index < -0.39 is 9.84 Å². The third-order valence-electron chi connectivity index (χ3n) is 4.06. The number of nitrogens with one attached hydrogen (secondary N) is 1. The molecule has 5 nitrogen and oxygen atoms in total. The number of anilines is 1. The lowest BCUT2D eigenvalue weighted by Crippen LogP contribution is -2.14. The van der Waals surface area contributed by atoms with Crippen molar-refractivity contribution < 1.29 is 17.9 Å². The number of amides is 1. The van der Waals surface area contributed by atoms with Crippen molar-refractivity contribution in [2.24, 2.45) is 11.8 Å². The lowest BCUT2D eigenvalue weighted by atomic mass is 10.2. The molecule has 0 aliphatic heterocycles. The number of ether oxygens (including phenoxy) is 1. The summed E-state index contributed by atoms with van der Waals surface area (Å²) in [6.45, 7) is 2.07. The Morgan fingerprint density at radius 1 is 1.04 bits per heavy atom. The molecule has 3 rings (SSSR count).